The zero-order valence-electron chi connectivity index (χ0n) is 46.9. The van der Waals surface area contributed by atoms with Gasteiger partial charge < -0.3 is 29.1 Å². The van der Waals surface area contributed by atoms with Crippen LogP contribution in [0.3, 0.4) is 0 Å². The lowest BCUT2D eigenvalue weighted by Gasteiger charge is -2.45. The van der Waals surface area contributed by atoms with Gasteiger partial charge in [0.25, 0.3) is 13.4 Å². The maximum absolute atomic E-state index is 2.58. The molecule has 6 nitrogen and oxygen atoms in total. The summed E-state index contributed by atoms with van der Waals surface area (Å²) >= 11 is 0. The van der Waals surface area contributed by atoms with Gasteiger partial charge in [0.2, 0.25) is 0 Å². The topological polar surface area (TPSA) is 21.1 Å². The molecule has 0 amide bonds. The number of aromatic nitrogens is 1. The van der Waals surface area contributed by atoms with Gasteiger partial charge in [0.15, 0.2) is 0 Å². The minimum Gasteiger partial charge on any atom is -0.311 e. The van der Waals surface area contributed by atoms with Crippen molar-refractivity contribution in [3.63, 3.8) is 0 Å². The van der Waals surface area contributed by atoms with Gasteiger partial charge in [-0.25, -0.2) is 0 Å². The van der Waals surface area contributed by atoms with Gasteiger partial charge in [0.1, 0.15) is 0 Å². The second-order valence-electron chi connectivity index (χ2n) is 22.8. The van der Waals surface area contributed by atoms with Gasteiger partial charge in [-0.2, -0.15) is 0 Å². The van der Waals surface area contributed by atoms with Crippen molar-refractivity contribution < 1.29 is 0 Å². The summed E-state index contributed by atoms with van der Waals surface area (Å²) in [5.41, 5.74) is 28.1. The van der Waals surface area contributed by atoms with Crippen molar-refractivity contribution in [2.45, 2.75) is 0 Å². The molecule has 13 aromatic carbocycles. The van der Waals surface area contributed by atoms with Gasteiger partial charge in [-0.15, -0.1) is 0 Å². The first kappa shape index (κ1) is 48.3. The maximum Gasteiger partial charge on any atom is 0.252 e. The number of hydrogen-bond donors (Lipinski definition) is 0. The monoisotopic (exact) mass is 1090 g/mol. The van der Waals surface area contributed by atoms with Crippen molar-refractivity contribution in [1.29, 1.82) is 0 Å². The van der Waals surface area contributed by atoms with Gasteiger partial charge in [0.05, 0.1) is 16.7 Å². The molecule has 0 fully saturated rings. The lowest BCUT2D eigenvalue weighted by Crippen LogP contribution is -2.61. The van der Waals surface area contributed by atoms with Crippen molar-refractivity contribution >= 4 is 153 Å². The van der Waals surface area contributed by atoms with Crippen LogP contribution >= 0.6 is 0 Å². The van der Waals surface area contributed by atoms with Gasteiger partial charge >= 0.3 is 0 Å². The quantitative estimate of drug-likeness (QED) is 0.141. The van der Waals surface area contributed by atoms with E-state index in [-0.39, 0.29) is 13.4 Å². The first-order valence-electron chi connectivity index (χ1n) is 29.7. The predicted molar refractivity (Wildman–Crippen MR) is 364 cm³/mol. The van der Waals surface area contributed by atoms with Gasteiger partial charge in [-0.3, -0.25) is 0 Å². The highest BCUT2D eigenvalue weighted by Gasteiger charge is 2.46. The summed E-state index contributed by atoms with van der Waals surface area (Å²) in [4.78, 5) is 12.5. The highest BCUT2D eigenvalue weighted by atomic mass is 15.2. The fourth-order valence-corrected chi connectivity index (χ4v) is 14.8. The van der Waals surface area contributed by atoms with E-state index in [1.807, 2.05) is 0 Å². The van der Waals surface area contributed by atoms with Crippen LogP contribution in [0.15, 0.2) is 315 Å². The number of fused-ring (bicyclic) bond motifs is 11. The zero-order valence-corrected chi connectivity index (χ0v) is 46.9. The standard InChI is InChI=1S/C78H52B2N6/c1-8-27-53(28-9-1)81(54-29-10-2-11-30-54)60-47-75-78-76(48-60)86(59-39-20-7-21-40-59)74-52-72-62(50-66(74)80(78)64-42-23-25-44-68(64)83(75)56-33-14-4-15-34-56)61-49-65-73(51-71(61)85(72)58-37-18-6-19-38-58)84(57-35-16-5-17-36-57)70-46-26-45-69-77(70)79(65)63-41-22-24-43-67(63)82(69)55-31-12-3-13-32-55/h1-52H. The molecule has 0 aliphatic carbocycles. The summed E-state index contributed by atoms with van der Waals surface area (Å²) in [6, 6.07) is 117. The molecule has 400 valence electrons. The molecule has 0 bridgehead atoms. The molecule has 14 aromatic rings. The maximum atomic E-state index is 2.58. The zero-order chi connectivity index (χ0) is 56.4. The lowest BCUT2D eigenvalue weighted by atomic mass is 9.33. The van der Waals surface area contributed by atoms with Gasteiger partial charge in [0, 0.05) is 96.1 Å². The normalized spacial score (nSPS) is 13.2. The van der Waals surface area contributed by atoms with Crippen LogP contribution in [0.1, 0.15) is 0 Å². The third-order valence-corrected chi connectivity index (χ3v) is 18.2. The van der Waals surface area contributed by atoms with Crippen molar-refractivity contribution in [1.82, 2.24) is 4.57 Å². The summed E-state index contributed by atoms with van der Waals surface area (Å²) in [6.45, 7) is -0.182. The summed E-state index contributed by atoms with van der Waals surface area (Å²) in [6.07, 6.45) is 0. The van der Waals surface area contributed by atoms with Gasteiger partial charge in [-0.1, -0.05) is 182 Å². The molecule has 18 rings (SSSR count). The van der Waals surface area contributed by atoms with Crippen molar-refractivity contribution in [3.05, 3.63) is 315 Å². The van der Waals surface area contributed by atoms with Crippen LogP contribution in [-0.2, 0) is 0 Å². The Morgan fingerprint density at radius 2 is 0.535 bits per heavy atom. The van der Waals surface area contributed by atoms with Crippen LogP contribution in [-0.4, -0.2) is 18.0 Å². The summed E-state index contributed by atoms with van der Waals surface area (Å²) in [7, 11) is 0. The van der Waals surface area contributed by atoms with E-state index < -0.39 is 0 Å². The smallest absolute Gasteiger partial charge is 0.252 e. The van der Waals surface area contributed by atoms with Gasteiger partial charge in [-0.05, 0) is 166 Å². The van der Waals surface area contributed by atoms with E-state index in [4.69, 9.17) is 0 Å². The van der Waals surface area contributed by atoms with E-state index in [1.54, 1.807) is 0 Å². The Balaban J connectivity index is 0.959. The Kier molecular flexibility index (Phi) is 10.8. The number of anilines is 15. The highest BCUT2D eigenvalue weighted by Crippen LogP contribution is 2.51. The summed E-state index contributed by atoms with van der Waals surface area (Å²) in [5.74, 6) is 0. The third kappa shape index (κ3) is 7.17. The van der Waals surface area contributed by atoms with Crippen LogP contribution in [0.2, 0.25) is 0 Å². The molecule has 0 N–H and O–H groups in total. The van der Waals surface area contributed by atoms with Crippen LogP contribution in [0, 0.1) is 0 Å². The Bertz CT molecular complexity index is 4930. The van der Waals surface area contributed by atoms with Crippen molar-refractivity contribution in [3.8, 4) is 5.69 Å². The van der Waals surface area contributed by atoms with E-state index >= 15 is 0 Å². The fourth-order valence-electron chi connectivity index (χ4n) is 14.8. The molecular weight excluding hydrogens is 1040 g/mol. The van der Waals surface area contributed by atoms with E-state index in [0.717, 1.165) is 73.6 Å². The van der Waals surface area contributed by atoms with Crippen molar-refractivity contribution in [2.75, 3.05) is 24.5 Å². The van der Waals surface area contributed by atoms with Crippen molar-refractivity contribution in [2.24, 2.45) is 0 Å². The second kappa shape index (κ2) is 19.2. The molecule has 1 aromatic heterocycles. The number of para-hydroxylation sites is 9. The molecule has 4 aliphatic rings. The molecular formula is C78H52B2N6. The minimum absolute atomic E-state index is 0.0535. The molecule has 0 saturated carbocycles. The van der Waals surface area contributed by atoms with E-state index in [9.17, 15) is 0 Å². The molecule has 0 saturated heterocycles. The summed E-state index contributed by atoms with van der Waals surface area (Å²) in [5, 5.41) is 2.43. The first-order chi connectivity index (χ1) is 42.7. The molecule has 0 spiro atoms. The van der Waals surface area contributed by atoms with E-state index in [0.29, 0.717) is 0 Å². The number of nitrogens with zero attached hydrogens (tertiary/aromatic N) is 6. The predicted octanol–water partition coefficient (Wildman–Crippen LogP) is 16.4. The average Bonchev–Trinajstić information content (AvgIpc) is 1.11. The number of rotatable bonds is 8. The first-order valence-corrected chi connectivity index (χ1v) is 29.7. The second-order valence-corrected chi connectivity index (χ2v) is 22.8. The van der Waals surface area contributed by atoms with Crippen LogP contribution < -0.4 is 57.3 Å². The Labute approximate surface area is 500 Å². The molecule has 8 heteroatoms. The van der Waals surface area contributed by atoms with Crippen LogP contribution in [0.25, 0.3) is 27.5 Å². The largest absolute Gasteiger partial charge is 0.311 e. The number of hydrogen-bond acceptors (Lipinski definition) is 5. The molecule has 4 aliphatic heterocycles. The molecule has 0 atom stereocenters. The van der Waals surface area contributed by atoms with Crippen LogP contribution in [0.5, 0.6) is 0 Å². The number of benzene rings is 13. The molecule has 0 radical (unpaired) electrons. The lowest BCUT2D eigenvalue weighted by molar-refractivity contribution is 1.17. The Morgan fingerprint density at radius 3 is 0.953 bits per heavy atom. The Morgan fingerprint density at radius 1 is 0.221 bits per heavy atom. The fraction of sp³-hybridized carbons (Fsp3) is 0. The Hall–Kier alpha value is -11.2. The van der Waals surface area contributed by atoms with Crippen LogP contribution in [0.4, 0.5) is 85.3 Å². The molecule has 5 heterocycles. The third-order valence-electron chi connectivity index (χ3n) is 18.2. The molecule has 0 unspecified atom stereocenters. The summed E-state index contributed by atoms with van der Waals surface area (Å²) < 4.78 is 2.53. The minimum atomic E-state index is -0.128. The van der Waals surface area contributed by atoms with E-state index in [2.05, 4.69) is 345 Å². The highest BCUT2D eigenvalue weighted by molar-refractivity contribution is 7.01. The molecule has 86 heavy (non-hydrogen) atoms. The SMILES string of the molecule is c1ccc(N(c2ccccc2)c2cc3c4c(c2)N(c2ccccc2)c2cc5c(cc2B4c2ccccc2N3c2ccccc2)c2cc3c(cc2n5-c2ccccc2)N(c2ccccc2)c2cccc4c2B3c2ccccc2N4c2ccccc2)cc1. The average molecular weight is 1090 g/mol. The van der Waals surface area contributed by atoms with E-state index in [1.165, 1.54) is 72.0 Å².